The molecule has 64 valence electrons. The highest BCUT2D eigenvalue weighted by atomic mass is 79.9. The van der Waals surface area contributed by atoms with Gasteiger partial charge in [0, 0.05) is 4.47 Å². The average Bonchev–Trinajstić information content (AvgIpc) is 2.04. The molecule has 0 bridgehead atoms. The average molecular weight is 228 g/mol. The van der Waals surface area contributed by atoms with Crippen molar-refractivity contribution in [1.82, 2.24) is 0 Å². The second kappa shape index (κ2) is 2.98. The number of anilines is 1. The second-order valence-electron chi connectivity index (χ2n) is 2.92. The minimum absolute atomic E-state index is 0.256. The SMILES string of the molecule is CC1CNc2c(Br)cccc2O1. The van der Waals surface area contributed by atoms with Gasteiger partial charge in [-0.15, -0.1) is 0 Å². The van der Waals surface area contributed by atoms with Crippen molar-refractivity contribution in [2.45, 2.75) is 13.0 Å². The maximum atomic E-state index is 5.62. The quantitative estimate of drug-likeness (QED) is 0.736. The van der Waals surface area contributed by atoms with Gasteiger partial charge in [-0.3, -0.25) is 0 Å². The van der Waals surface area contributed by atoms with E-state index in [1.807, 2.05) is 18.2 Å². The summed E-state index contributed by atoms with van der Waals surface area (Å²) in [5.41, 5.74) is 1.07. The van der Waals surface area contributed by atoms with Crippen molar-refractivity contribution in [1.29, 1.82) is 0 Å². The summed E-state index contributed by atoms with van der Waals surface area (Å²) in [5.74, 6) is 0.933. The third-order valence-corrected chi connectivity index (χ3v) is 2.53. The first-order valence-electron chi connectivity index (χ1n) is 3.96. The Morgan fingerprint density at radius 2 is 2.42 bits per heavy atom. The zero-order chi connectivity index (χ0) is 8.55. The van der Waals surface area contributed by atoms with Crippen molar-refractivity contribution in [2.75, 3.05) is 11.9 Å². The first-order chi connectivity index (χ1) is 5.77. The number of para-hydroxylation sites is 1. The number of hydrogen-bond donors (Lipinski definition) is 1. The van der Waals surface area contributed by atoms with E-state index in [-0.39, 0.29) is 6.10 Å². The van der Waals surface area contributed by atoms with Gasteiger partial charge in [-0.1, -0.05) is 6.07 Å². The highest BCUT2D eigenvalue weighted by molar-refractivity contribution is 9.10. The van der Waals surface area contributed by atoms with Gasteiger partial charge in [-0.05, 0) is 35.0 Å². The lowest BCUT2D eigenvalue weighted by molar-refractivity contribution is 0.226. The molecule has 1 unspecified atom stereocenters. The molecule has 3 heteroatoms. The molecule has 0 saturated carbocycles. The van der Waals surface area contributed by atoms with Gasteiger partial charge in [0.05, 0.1) is 12.2 Å². The Bertz CT molecular complexity index is 301. The standard InChI is InChI=1S/C9H10BrNO/c1-6-5-11-9-7(10)3-2-4-8(9)12-6/h2-4,6,11H,5H2,1H3. The highest BCUT2D eigenvalue weighted by Gasteiger charge is 2.16. The predicted octanol–water partition coefficient (Wildman–Crippen LogP) is 2.64. The summed E-state index contributed by atoms with van der Waals surface area (Å²) in [6.45, 7) is 2.92. The minimum Gasteiger partial charge on any atom is -0.487 e. The fourth-order valence-electron chi connectivity index (χ4n) is 1.28. The van der Waals surface area contributed by atoms with Crippen LogP contribution in [0.4, 0.5) is 5.69 Å². The van der Waals surface area contributed by atoms with Gasteiger partial charge in [-0.25, -0.2) is 0 Å². The number of fused-ring (bicyclic) bond motifs is 1. The maximum Gasteiger partial charge on any atom is 0.144 e. The normalized spacial score (nSPS) is 20.7. The number of rotatable bonds is 0. The van der Waals surface area contributed by atoms with E-state index >= 15 is 0 Å². The Balaban J connectivity index is 2.42. The molecule has 2 rings (SSSR count). The molecule has 1 heterocycles. The Hall–Kier alpha value is -0.700. The molecule has 0 amide bonds. The van der Waals surface area contributed by atoms with Crippen LogP contribution in [0.3, 0.4) is 0 Å². The number of halogens is 1. The van der Waals surface area contributed by atoms with Gasteiger partial charge < -0.3 is 10.1 Å². The van der Waals surface area contributed by atoms with Crippen molar-refractivity contribution in [2.24, 2.45) is 0 Å². The summed E-state index contributed by atoms with van der Waals surface area (Å²) in [7, 11) is 0. The van der Waals surface area contributed by atoms with Crippen molar-refractivity contribution in [3.63, 3.8) is 0 Å². The van der Waals surface area contributed by atoms with E-state index in [1.165, 1.54) is 0 Å². The number of benzene rings is 1. The van der Waals surface area contributed by atoms with Crippen LogP contribution in [0.1, 0.15) is 6.92 Å². The van der Waals surface area contributed by atoms with Crippen molar-refractivity contribution >= 4 is 21.6 Å². The number of nitrogens with one attached hydrogen (secondary N) is 1. The lowest BCUT2D eigenvalue weighted by Crippen LogP contribution is -2.27. The number of ether oxygens (including phenoxy) is 1. The summed E-state index contributed by atoms with van der Waals surface area (Å²) >= 11 is 3.46. The van der Waals surface area contributed by atoms with E-state index in [9.17, 15) is 0 Å². The van der Waals surface area contributed by atoms with Crippen LogP contribution in [0.5, 0.6) is 5.75 Å². The second-order valence-corrected chi connectivity index (χ2v) is 3.78. The summed E-state index contributed by atoms with van der Waals surface area (Å²) in [6, 6.07) is 5.95. The smallest absolute Gasteiger partial charge is 0.144 e. The summed E-state index contributed by atoms with van der Waals surface area (Å²) in [4.78, 5) is 0. The van der Waals surface area contributed by atoms with E-state index in [0.29, 0.717) is 0 Å². The van der Waals surface area contributed by atoms with Crippen LogP contribution in [0.2, 0.25) is 0 Å². The third-order valence-electron chi connectivity index (χ3n) is 1.87. The van der Waals surface area contributed by atoms with Crippen molar-refractivity contribution in [3.8, 4) is 5.75 Å². The minimum atomic E-state index is 0.256. The van der Waals surface area contributed by atoms with Crippen molar-refractivity contribution < 1.29 is 4.74 Å². The molecule has 1 atom stereocenters. The maximum absolute atomic E-state index is 5.62. The van der Waals surface area contributed by atoms with E-state index < -0.39 is 0 Å². The van der Waals surface area contributed by atoms with Gasteiger partial charge in [0.25, 0.3) is 0 Å². The summed E-state index contributed by atoms with van der Waals surface area (Å²) in [6.07, 6.45) is 0.256. The third kappa shape index (κ3) is 1.29. The van der Waals surface area contributed by atoms with Crippen LogP contribution in [-0.2, 0) is 0 Å². The van der Waals surface area contributed by atoms with Gasteiger partial charge in [0.15, 0.2) is 0 Å². The molecule has 0 aliphatic carbocycles. The van der Waals surface area contributed by atoms with Crippen LogP contribution >= 0.6 is 15.9 Å². The predicted molar refractivity (Wildman–Crippen MR) is 52.7 cm³/mol. The molecule has 2 nitrogen and oxygen atoms in total. The van der Waals surface area contributed by atoms with E-state index in [4.69, 9.17) is 4.74 Å². The lowest BCUT2D eigenvalue weighted by Gasteiger charge is -2.25. The Morgan fingerprint density at radius 1 is 1.58 bits per heavy atom. The van der Waals surface area contributed by atoms with Gasteiger partial charge >= 0.3 is 0 Å². The number of hydrogen-bond acceptors (Lipinski definition) is 2. The molecule has 0 spiro atoms. The fourth-order valence-corrected chi connectivity index (χ4v) is 1.77. The topological polar surface area (TPSA) is 21.3 Å². The zero-order valence-electron chi connectivity index (χ0n) is 6.80. The van der Waals surface area contributed by atoms with Gasteiger partial charge in [-0.2, -0.15) is 0 Å². The molecular formula is C9H10BrNO. The molecular weight excluding hydrogens is 218 g/mol. The first kappa shape index (κ1) is 7.92. The molecule has 1 aliphatic heterocycles. The first-order valence-corrected chi connectivity index (χ1v) is 4.75. The molecule has 0 radical (unpaired) electrons. The fraction of sp³-hybridized carbons (Fsp3) is 0.333. The largest absolute Gasteiger partial charge is 0.487 e. The zero-order valence-corrected chi connectivity index (χ0v) is 8.39. The van der Waals surface area contributed by atoms with Crippen molar-refractivity contribution in [3.05, 3.63) is 22.7 Å². The van der Waals surface area contributed by atoms with Crippen LogP contribution in [-0.4, -0.2) is 12.6 Å². The van der Waals surface area contributed by atoms with E-state index in [0.717, 1.165) is 22.5 Å². The molecule has 12 heavy (non-hydrogen) atoms. The van der Waals surface area contributed by atoms with Gasteiger partial charge in [0.1, 0.15) is 11.9 Å². The lowest BCUT2D eigenvalue weighted by atomic mass is 10.2. The van der Waals surface area contributed by atoms with Crippen LogP contribution in [0, 0.1) is 0 Å². The summed E-state index contributed by atoms with van der Waals surface area (Å²) in [5, 5.41) is 3.31. The Labute approximate surface area is 80.1 Å². The van der Waals surface area contributed by atoms with E-state index in [2.05, 4.69) is 28.2 Å². The van der Waals surface area contributed by atoms with Gasteiger partial charge in [0.2, 0.25) is 0 Å². The Kier molecular flexibility index (Phi) is 1.97. The van der Waals surface area contributed by atoms with Crippen LogP contribution in [0.25, 0.3) is 0 Å². The molecule has 1 aromatic carbocycles. The summed E-state index contributed by atoms with van der Waals surface area (Å²) < 4.78 is 6.68. The molecule has 0 aromatic heterocycles. The Morgan fingerprint density at radius 3 is 3.25 bits per heavy atom. The molecule has 1 aromatic rings. The van der Waals surface area contributed by atoms with E-state index in [1.54, 1.807) is 0 Å². The molecule has 0 saturated heterocycles. The highest BCUT2D eigenvalue weighted by Crippen LogP contribution is 2.35. The molecule has 0 fully saturated rings. The van der Waals surface area contributed by atoms with Crippen LogP contribution < -0.4 is 10.1 Å². The monoisotopic (exact) mass is 227 g/mol. The van der Waals surface area contributed by atoms with Crippen LogP contribution in [0.15, 0.2) is 22.7 Å². The molecule has 1 aliphatic rings. The molecule has 1 N–H and O–H groups in total.